The molecule has 2 aromatic heterocycles. The molecule has 3 atom stereocenters. The van der Waals surface area contributed by atoms with Crippen LogP contribution in [0.25, 0.3) is 22.3 Å². The molecule has 2 aliphatic heterocycles. The van der Waals surface area contributed by atoms with E-state index in [4.69, 9.17) is 23.5 Å². The van der Waals surface area contributed by atoms with Gasteiger partial charge in [0.15, 0.2) is 6.29 Å². The van der Waals surface area contributed by atoms with E-state index in [1.54, 1.807) is 10.6 Å². The van der Waals surface area contributed by atoms with E-state index in [-0.39, 0.29) is 24.9 Å². The highest BCUT2D eigenvalue weighted by Gasteiger charge is 2.30. The molecule has 1 saturated heterocycles. The molecule has 0 saturated carbocycles. The molecule has 1 aromatic carbocycles. The second-order valence-corrected chi connectivity index (χ2v) is 9.25. The number of hydrogen-bond donors (Lipinski definition) is 1. The first kappa shape index (κ1) is 26.5. The van der Waals surface area contributed by atoms with Crippen molar-refractivity contribution < 1.29 is 28.2 Å². The van der Waals surface area contributed by atoms with Crippen LogP contribution in [-0.4, -0.2) is 47.2 Å². The molecule has 3 aromatic rings. The molecule has 0 radical (unpaired) electrons. The van der Waals surface area contributed by atoms with Crippen LogP contribution in [0.5, 0.6) is 0 Å². The molecule has 5 rings (SSSR count). The molecule has 1 fully saturated rings. The number of pyridine rings is 2. The van der Waals surface area contributed by atoms with Crippen LogP contribution < -0.4 is 5.56 Å². The molecule has 1 N–H and O–H groups in total. The zero-order valence-corrected chi connectivity index (χ0v) is 21.6. The van der Waals surface area contributed by atoms with Crippen molar-refractivity contribution in [3.8, 4) is 11.4 Å². The lowest BCUT2D eigenvalue weighted by molar-refractivity contribution is -0.114. The highest BCUT2D eigenvalue weighted by Crippen LogP contribution is 2.41. The third kappa shape index (κ3) is 5.42. The van der Waals surface area contributed by atoms with Crippen molar-refractivity contribution in [3.05, 3.63) is 63.4 Å². The second kappa shape index (κ2) is 12.1. The number of methoxy groups -OCH3 is 1. The summed E-state index contributed by atoms with van der Waals surface area (Å²) in [5.41, 5.74) is 3.36. The molecule has 9 nitrogen and oxygen atoms in total. The SMILES string of the molecule is CC.COCc1c(C(C=O)OP(O)OCC2CCCO2)cc2n(c1=O)Cc1cc3ccccc3nc1-2. The highest BCUT2D eigenvalue weighted by atomic mass is 31.2. The average molecular weight is 515 g/mol. The Morgan fingerprint density at radius 2 is 2.11 bits per heavy atom. The number of para-hydroxylation sites is 1. The number of carbonyl (C=O) groups excluding carboxylic acids is 1. The largest absolute Gasteiger partial charge is 0.380 e. The first-order valence-electron chi connectivity index (χ1n) is 12.1. The third-order valence-corrected chi connectivity index (χ3v) is 6.90. The summed E-state index contributed by atoms with van der Waals surface area (Å²) in [5.74, 6) is 0. The van der Waals surface area contributed by atoms with Gasteiger partial charge in [0.1, 0.15) is 6.10 Å². The van der Waals surface area contributed by atoms with Gasteiger partial charge in [-0.25, -0.2) is 4.98 Å². The topological polar surface area (TPSA) is 109 Å². The third-order valence-electron chi connectivity index (χ3n) is 6.13. The zero-order chi connectivity index (χ0) is 25.7. The summed E-state index contributed by atoms with van der Waals surface area (Å²) in [6.07, 6.45) is 1.05. The van der Waals surface area contributed by atoms with Gasteiger partial charge in [0, 0.05) is 35.8 Å². The minimum absolute atomic E-state index is 0.00593. The van der Waals surface area contributed by atoms with Crippen LogP contribution in [0.2, 0.25) is 0 Å². The van der Waals surface area contributed by atoms with Gasteiger partial charge in [-0.15, -0.1) is 0 Å². The first-order valence-corrected chi connectivity index (χ1v) is 13.2. The van der Waals surface area contributed by atoms with Gasteiger partial charge in [0.25, 0.3) is 5.56 Å². The highest BCUT2D eigenvalue weighted by molar-refractivity contribution is 7.40. The molecular formula is C26H31N2O7P. The molecule has 0 aliphatic carbocycles. The Bertz CT molecular complexity index is 1270. The van der Waals surface area contributed by atoms with Crippen LogP contribution in [0.15, 0.2) is 41.2 Å². The maximum atomic E-state index is 13.4. The standard InChI is InChI=1S/C24H25N2O7P.C2H6/c1-30-14-19-18(22(12-27)33-34(29)32-13-17-6-4-8-31-17)10-21-23-16(11-26(21)24(19)28)9-15-5-2-3-7-20(15)25-23;1-2/h2-3,5,7,9-10,12,17,22,29H,4,6,8,11,13-14H2,1H3;1-2H3. The Balaban J connectivity index is 0.00000148. The van der Waals surface area contributed by atoms with E-state index in [9.17, 15) is 14.5 Å². The number of carbonyl (C=O) groups is 1. The number of rotatable bonds is 9. The summed E-state index contributed by atoms with van der Waals surface area (Å²) in [4.78, 5) is 40.5. The average Bonchev–Trinajstić information content (AvgIpc) is 3.55. The van der Waals surface area contributed by atoms with Gasteiger partial charge in [0.2, 0.25) is 0 Å². The Hall–Kier alpha value is -2.52. The number of ether oxygens (including phenoxy) is 2. The number of benzene rings is 1. The van der Waals surface area contributed by atoms with E-state index < -0.39 is 14.7 Å². The van der Waals surface area contributed by atoms with Crippen molar-refractivity contribution in [1.82, 2.24) is 9.55 Å². The summed E-state index contributed by atoms with van der Waals surface area (Å²) >= 11 is 0. The molecule has 36 heavy (non-hydrogen) atoms. The molecule has 0 amide bonds. The predicted molar refractivity (Wildman–Crippen MR) is 137 cm³/mol. The van der Waals surface area contributed by atoms with Crippen molar-refractivity contribution >= 4 is 25.8 Å². The lowest BCUT2D eigenvalue weighted by atomic mass is 10.0. The van der Waals surface area contributed by atoms with E-state index in [1.165, 1.54) is 7.11 Å². The first-order chi connectivity index (χ1) is 17.6. The van der Waals surface area contributed by atoms with E-state index in [0.29, 0.717) is 42.0 Å². The van der Waals surface area contributed by atoms with Gasteiger partial charge >= 0.3 is 8.60 Å². The summed E-state index contributed by atoms with van der Waals surface area (Å²) in [5, 5.41) is 0.989. The minimum atomic E-state index is -2.36. The summed E-state index contributed by atoms with van der Waals surface area (Å²) in [6.45, 7) is 5.21. The van der Waals surface area contributed by atoms with Crippen molar-refractivity contribution in [3.63, 3.8) is 0 Å². The van der Waals surface area contributed by atoms with Gasteiger partial charge in [-0.3, -0.25) is 9.32 Å². The number of hydrogen-bond acceptors (Lipinski definition) is 8. The molecule has 0 spiro atoms. The molecule has 4 heterocycles. The van der Waals surface area contributed by atoms with Crippen molar-refractivity contribution in [2.24, 2.45) is 0 Å². The van der Waals surface area contributed by atoms with Crippen LogP contribution in [0.1, 0.15) is 49.5 Å². The number of aromatic nitrogens is 2. The zero-order valence-electron chi connectivity index (χ0n) is 20.7. The Morgan fingerprint density at radius 3 is 2.83 bits per heavy atom. The number of fused-ring (bicyclic) bond motifs is 4. The number of aldehydes is 1. The van der Waals surface area contributed by atoms with Crippen molar-refractivity contribution in [1.29, 1.82) is 0 Å². The monoisotopic (exact) mass is 514 g/mol. The van der Waals surface area contributed by atoms with Crippen LogP contribution in [0, 0.1) is 0 Å². The van der Waals surface area contributed by atoms with E-state index in [0.717, 1.165) is 29.3 Å². The molecule has 10 heteroatoms. The summed E-state index contributed by atoms with van der Waals surface area (Å²) < 4.78 is 23.3. The normalized spacial score (nSPS) is 17.7. The lowest BCUT2D eigenvalue weighted by Gasteiger charge is -2.20. The lowest BCUT2D eigenvalue weighted by Crippen LogP contribution is -2.27. The van der Waals surface area contributed by atoms with Crippen molar-refractivity contribution in [2.75, 3.05) is 20.3 Å². The maximum Gasteiger partial charge on any atom is 0.330 e. The fraction of sp³-hybridized carbons (Fsp3) is 0.423. The number of nitrogens with zero attached hydrogens (tertiary/aromatic N) is 2. The fourth-order valence-electron chi connectivity index (χ4n) is 4.48. The van der Waals surface area contributed by atoms with Gasteiger partial charge in [-0.2, -0.15) is 0 Å². The Morgan fingerprint density at radius 1 is 1.31 bits per heavy atom. The minimum Gasteiger partial charge on any atom is -0.380 e. The molecule has 192 valence electrons. The molecule has 3 unspecified atom stereocenters. The molecule has 2 aliphatic rings. The van der Waals surface area contributed by atoms with Crippen LogP contribution in [-0.2, 0) is 36.5 Å². The van der Waals surface area contributed by atoms with Gasteiger partial charge < -0.3 is 28.3 Å². The van der Waals surface area contributed by atoms with Crippen molar-refractivity contribution in [2.45, 2.75) is 52.0 Å². The van der Waals surface area contributed by atoms with Gasteiger partial charge in [-0.05, 0) is 31.0 Å². The van der Waals surface area contributed by atoms with Crippen LogP contribution >= 0.6 is 8.60 Å². The maximum absolute atomic E-state index is 13.4. The second-order valence-electron chi connectivity index (χ2n) is 8.31. The summed E-state index contributed by atoms with van der Waals surface area (Å²) in [7, 11) is -0.879. The van der Waals surface area contributed by atoms with E-state index in [1.807, 2.05) is 44.2 Å². The Labute approximate surface area is 211 Å². The molecular weight excluding hydrogens is 483 g/mol. The Kier molecular flexibility index (Phi) is 8.95. The van der Waals surface area contributed by atoms with Gasteiger partial charge in [-0.1, -0.05) is 32.0 Å². The van der Waals surface area contributed by atoms with Crippen LogP contribution in [0.3, 0.4) is 0 Å². The fourth-order valence-corrected chi connectivity index (χ4v) is 5.19. The predicted octanol–water partition coefficient (Wildman–Crippen LogP) is 4.27. The van der Waals surface area contributed by atoms with E-state index >= 15 is 0 Å². The molecule has 0 bridgehead atoms. The van der Waals surface area contributed by atoms with E-state index in [2.05, 4.69) is 0 Å². The smallest absolute Gasteiger partial charge is 0.330 e. The summed E-state index contributed by atoms with van der Waals surface area (Å²) in [6, 6.07) is 11.5. The quantitative estimate of drug-likeness (QED) is 0.261. The van der Waals surface area contributed by atoms with Gasteiger partial charge in [0.05, 0.1) is 42.8 Å². The van der Waals surface area contributed by atoms with Crippen LogP contribution in [0.4, 0.5) is 0 Å².